The molecular formula is C11H12F2N2. The van der Waals surface area contributed by atoms with Gasteiger partial charge in [0.2, 0.25) is 0 Å². The molecule has 0 radical (unpaired) electrons. The van der Waals surface area contributed by atoms with Crippen LogP contribution in [0.25, 0.3) is 10.9 Å². The summed E-state index contributed by atoms with van der Waals surface area (Å²) in [5, 5.41) is 0.458. The highest BCUT2D eigenvalue weighted by Gasteiger charge is 2.13. The summed E-state index contributed by atoms with van der Waals surface area (Å²) >= 11 is 0. The Hall–Kier alpha value is -1.42. The second-order valence-corrected chi connectivity index (χ2v) is 3.58. The Kier molecular flexibility index (Phi) is 2.44. The maximum Gasteiger partial charge on any atom is 0.135 e. The van der Waals surface area contributed by atoms with Gasteiger partial charge in [0.15, 0.2) is 0 Å². The normalized spacial score (nSPS) is 11.2. The number of halogens is 2. The van der Waals surface area contributed by atoms with Gasteiger partial charge < -0.3 is 10.7 Å². The molecule has 0 saturated heterocycles. The first-order chi connectivity index (χ1) is 7.13. The summed E-state index contributed by atoms with van der Waals surface area (Å²) in [7, 11) is 0. The van der Waals surface area contributed by atoms with E-state index >= 15 is 0 Å². The Morgan fingerprint density at radius 1 is 1.33 bits per heavy atom. The highest BCUT2D eigenvalue weighted by molar-refractivity contribution is 5.85. The predicted octanol–water partition coefficient (Wildman–Crippen LogP) is 2.26. The summed E-state index contributed by atoms with van der Waals surface area (Å²) in [5.41, 5.74) is 7.63. The van der Waals surface area contributed by atoms with E-state index in [2.05, 4.69) is 4.98 Å². The standard InChI is InChI=1S/C11H12F2N2/c1-6-8(2-3-14)11-9(13)4-7(12)5-10(11)15-6/h4-5,15H,2-3,14H2,1H3. The zero-order valence-electron chi connectivity index (χ0n) is 8.40. The number of rotatable bonds is 2. The lowest BCUT2D eigenvalue weighted by atomic mass is 10.1. The highest BCUT2D eigenvalue weighted by Crippen LogP contribution is 2.26. The number of nitrogens with one attached hydrogen (secondary N) is 1. The van der Waals surface area contributed by atoms with E-state index in [-0.39, 0.29) is 0 Å². The minimum Gasteiger partial charge on any atom is -0.358 e. The fraction of sp³-hybridized carbons (Fsp3) is 0.273. The van der Waals surface area contributed by atoms with Crippen LogP contribution in [0.3, 0.4) is 0 Å². The Morgan fingerprint density at radius 2 is 2.07 bits per heavy atom. The zero-order valence-corrected chi connectivity index (χ0v) is 8.40. The van der Waals surface area contributed by atoms with Crippen molar-refractivity contribution in [3.05, 3.63) is 35.0 Å². The number of aromatic nitrogens is 1. The molecule has 0 atom stereocenters. The summed E-state index contributed by atoms with van der Waals surface area (Å²) in [6.45, 7) is 2.28. The number of aromatic amines is 1. The SMILES string of the molecule is Cc1[nH]c2cc(F)cc(F)c2c1CCN. The molecule has 0 unspecified atom stereocenters. The quantitative estimate of drug-likeness (QED) is 0.784. The van der Waals surface area contributed by atoms with E-state index in [0.29, 0.717) is 23.9 Å². The van der Waals surface area contributed by atoms with Crippen molar-refractivity contribution in [3.63, 3.8) is 0 Å². The Labute approximate surface area is 86.1 Å². The van der Waals surface area contributed by atoms with Crippen LogP contribution in [-0.2, 0) is 6.42 Å². The van der Waals surface area contributed by atoms with Crippen molar-refractivity contribution in [3.8, 4) is 0 Å². The van der Waals surface area contributed by atoms with Crippen molar-refractivity contribution >= 4 is 10.9 Å². The summed E-state index contributed by atoms with van der Waals surface area (Å²) < 4.78 is 26.5. The van der Waals surface area contributed by atoms with Crippen molar-refractivity contribution < 1.29 is 8.78 Å². The molecule has 15 heavy (non-hydrogen) atoms. The van der Waals surface area contributed by atoms with Crippen LogP contribution in [0.2, 0.25) is 0 Å². The summed E-state index contributed by atoms with van der Waals surface area (Å²) in [5.74, 6) is -1.10. The van der Waals surface area contributed by atoms with Crippen LogP contribution in [0, 0.1) is 18.6 Å². The third-order valence-corrected chi connectivity index (χ3v) is 2.53. The fourth-order valence-corrected chi connectivity index (χ4v) is 1.90. The van der Waals surface area contributed by atoms with E-state index < -0.39 is 11.6 Å². The molecule has 0 aliphatic carbocycles. The van der Waals surface area contributed by atoms with Gasteiger partial charge in [-0.25, -0.2) is 8.78 Å². The topological polar surface area (TPSA) is 41.8 Å². The van der Waals surface area contributed by atoms with E-state index in [0.717, 1.165) is 17.3 Å². The molecule has 1 aromatic heterocycles. The van der Waals surface area contributed by atoms with Crippen LogP contribution in [0.1, 0.15) is 11.3 Å². The van der Waals surface area contributed by atoms with Gasteiger partial charge in [-0.05, 0) is 31.5 Å². The molecule has 0 aliphatic heterocycles. The molecule has 0 spiro atoms. The molecule has 2 rings (SSSR count). The van der Waals surface area contributed by atoms with Crippen LogP contribution in [-0.4, -0.2) is 11.5 Å². The number of aryl methyl sites for hydroxylation is 1. The molecule has 0 saturated carbocycles. The predicted molar refractivity (Wildman–Crippen MR) is 55.7 cm³/mol. The van der Waals surface area contributed by atoms with Gasteiger partial charge in [-0.15, -0.1) is 0 Å². The van der Waals surface area contributed by atoms with Gasteiger partial charge in [0, 0.05) is 17.1 Å². The summed E-state index contributed by atoms with van der Waals surface area (Å²) in [6.07, 6.45) is 0.592. The molecule has 0 amide bonds. The van der Waals surface area contributed by atoms with Crippen molar-refractivity contribution in [2.24, 2.45) is 5.73 Å². The molecule has 0 aliphatic rings. The Bertz CT molecular complexity index is 503. The van der Waals surface area contributed by atoms with Crippen LogP contribution in [0.4, 0.5) is 8.78 Å². The first kappa shape index (κ1) is 10.1. The fourth-order valence-electron chi connectivity index (χ4n) is 1.90. The van der Waals surface area contributed by atoms with Crippen molar-refractivity contribution in [2.75, 3.05) is 6.54 Å². The smallest absolute Gasteiger partial charge is 0.135 e. The van der Waals surface area contributed by atoms with Gasteiger partial charge in [-0.2, -0.15) is 0 Å². The van der Waals surface area contributed by atoms with Crippen molar-refractivity contribution in [1.82, 2.24) is 4.98 Å². The van der Waals surface area contributed by atoms with E-state index in [4.69, 9.17) is 5.73 Å². The lowest BCUT2D eigenvalue weighted by molar-refractivity contribution is 0.591. The summed E-state index contributed by atoms with van der Waals surface area (Å²) in [6, 6.07) is 2.20. The van der Waals surface area contributed by atoms with Crippen LogP contribution in [0.15, 0.2) is 12.1 Å². The molecule has 80 valence electrons. The van der Waals surface area contributed by atoms with Crippen LogP contribution in [0.5, 0.6) is 0 Å². The second-order valence-electron chi connectivity index (χ2n) is 3.58. The van der Waals surface area contributed by atoms with E-state index in [1.807, 2.05) is 6.92 Å². The number of nitrogens with two attached hydrogens (primary N) is 1. The molecule has 1 heterocycles. The first-order valence-corrected chi connectivity index (χ1v) is 4.79. The minimum atomic E-state index is -0.569. The number of benzene rings is 1. The van der Waals surface area contributed by atoms with E-state index in [1.165, 1.54) is 6.07 Å². The van der Waals surface area contributed by atoms with E-state index in [1.54, 1.807) is 0 Å². The lowest BCUT2D eigenvalue weighted by Gasteiger charge is -1.99. The third-order valence-electron chi connectivity index (χ3n) is 2.53. The van der Waals surface area contributed by atoms with Crippen LogP contribution >= 0.6 is 0 Å². The number of fused-ring (bicyclic) bond motifs is 1. The van der Waals surface area contributed by atoms with Gasteiger partial charge in [0.25, 0.3) is 0 Å². The van der Waals surface area contributed by atoms with Gasteiger partial charge in [0.05, 0.1) is 5.52 Å². The second kappa shape index (κ2) is 3.62. The van der Waals surface area contributed by atoms with Crippen LogP contribution < -0.4 is 5.73 Å². The maximum atomic E-state index is 13.5. The van der Waals surface area contributed by atoms with E-state index in [9.17, 15) is 8.78 Å². The van der Waals surface area contributed by atoms with Gasteiger partial charge in [-0.3, -0.25) is 0 Å². The third kappa shape index (κ3) is 1.61. The molecule has 2 aromatic rings. The molecule has 3 N–H and O–H groups in total. The first-order valence-electron chi connectivity index (χ1n) is 4.79. The van der Waals surface area contributed by atoms with Gasteiger partial charge >= 0.3 is 0 Å². The van der Waals surface area contributed by atoms with Gasteiger partial charge in [-0.1, -0.05) is 0 Å². The largest absolute Gasteiger partial charge is 0.358 e. The molecule has 4 heteroatoms. The van der Waals surface area contributed by atoms with Crippen molar-refractivity contribution in [1.29, 1.82) is 0 Å². The highest BCUT2D eigenvalue weighted by atomic mass is 19.1. The molecule has 0 bridgehead atoms. The number of hydrogen-bond acceptors (Lipinski definition) is 1. The van der Waals surface area contributed by atoms with Crippen molar-refractivity contribution in [2.45, 2.75) is 13.3 Å². The molecule has 1 aromatic carbocycles. The van der Waals surface area contributed by atoms with Gasteiger partial charge in [0.1, 0.15) is 11.6 Å². The Morgan fingerprint density at radius 3 is 2.73 bits per heavy atom. The average molecular weight is 210 g/mol. The zero-order chi connectivity index (χ0) is 11.0. The molecular weight excluding hydrogens is 198 g/mol. The maximum absolute atomic E-state index is 13.5. The minimum absolute atomic E-state index is 0.449. The number of hydrogen-bond donors (Lipinski definition) is 2. The molecule has 0 fully saturated rings. The Balaban J connectivity index is 2.75. The number of H-pyrrole nitrogens is 1. The summed E-state index contributed by atoms with van der Waals surface area (Å²) in [4.78, 5) is 2.96. The monoisotopic (exact) mass is 210 g/mol. The molecule has 2 nitrogen and oxygen atoms in total. The average Bonchev–Trinajstić information content (AvgIpc) is 2.43. The lowest BCUT2D eigenvalue weighted by Crippen LogP contribution is -2.03.